The number of aromatic amines is 1. The molecule has 0 spiro atoms. The Hall–Kier alpha value is -1.56. The van der Waals surface area contributed by atoms with E-state index < -0.39 is 5.97 Å². The average Bonchev–Trinajstić information content (AvgIpc) is 2.35. The molecule has 12 heavy (non-hydrogen) atoms. The number of hydrogen-bond donors (Lipinski definition) is 3. The molecule has 0 saturated carbocycles. The normalized spacial score (nSPS) is 10.0. The van der Waals surface area contributed by atoms with Gasteiger partial charge in [0.1, 0.15) is 6.61 Å². The number of hydrogen-bond acceptors (Lipinski definition) is 4. The quantitative estimate of drug-likeness (QED) is 0.571. The van der Waals surface area contributed by atoms with Gasteiger partial charge < -0.3 is 20.6 Å². The number of aliphatic carboxylic acids is 1. The number of carbonyl (C=O) groups is 1. The van der Waals surface area contributed by atoms with E-state index in [-0.39, 0.29) is 13.2 Å². The number of H-pyrrole nitrogens is 1. The number of nitrogen functional groups attached to an aromatic ring is 1. The molecule has 1 aromatic heterocycles. The first-order valence-corrected chi connectivity index (χ1v) is 3.27. The number of aromatic nitrogens is 2. The molecule has 1 rings (SSSR count). The van der Waals surface area contributed by atoms with E-state index in [9.17, 15) is 4.79 Å². The maximum Gasteiger partial charge on any atom is 0.329 e. The molecule has 1 aromatic rings. The summed E-state index contributed by atoms with van der Waals surface area (Å²) in [5, 5.41) is 8.22. The molecule has 66 valence electrons. The molecule has 0 aromatic carbocycles. The van der Waals surface area contributed by atoms with Gasteiger partial charge in [0.2, 0.25) is 0 Å². The van der Waals surface area contributed by atoms with E-state index in [1.54, 1.807) is 0 Å². The van der Waals surface area contributed by atoms with Crippen molar-refractivity contribution < 1.29 is 14.6 Å². The zero-order valence-electron chi connectivity index (χ0n) is 6.28. The van der Waals surface area contributed by atoms with Gasteiger partial charge in [-0.3, -0.25) is 0 Å². The van der Waals surface area contributed by atoms with Crippen molar-refractivity contribution >= 4 is 11.9 Å². The highest BCUT2D eigenvalue weighted by atomic mass is 16.5. The molecule has 6 heteroatoms. The van der Waals surface area contributed by atoms with E-state index >= 15 is 0 Å². The molecule has 0 radical (unpaired) electrons. The van der Waals surface area contributed by atoms with Crippen LogP contribution in [0.15, 0.2) is 6.20 Å². The van der Waals surface area contributed by atoms with Crippen molar-refractivity contribution in [2.24, 2.45) is 0 Å². The van der Waals surface area contributed by atoms with Gasteiger partial charge in [0.25, 0.3) is 0 Å². The van der Waals surface area contributed by atoms with Crippen molar-refractivity contribution in [1.82, 2.24) is 9.97 Å². The van der Waals surface area contributed by atoms with E-state index in [2.05, 4.69) is 9.97 Å². The monoisotopic (exact) mass is 171 g/mol. The van der Waals surface area contributed by atoms with Gasteiger partial charge in [-0.05, 0) is 0 Å². The second-order valence-corrected chi connectivity index (χ2v) is 2.18. The molecule has 0 fully saturated rings. The third-order valence-corrected chi connectivity index (χ3v) is 1.13. The van der Waals surface area contributed by atoms with Crippen LogP contribution < -0.4 is 5.73 Å². The summed E-state index contributed by atoms with van der Waals surface area (Å²) in [5.41, 5.74) is 5.93. The zero-order chi connectivity index (χ0) is 8.97. The van der Waals surface area contributed by atoms with E-state index in [0.717, 1.165) is 0 Å². The summed E-state index contributed by atoms with van der Waals surface area (Å²) >= 11 is 0. The number of anilines is 1. The van der Waals surface area contributed by atoms with Crippen LogP contribution in [0.25, 0.3) is 0 Å². The summed E-state index contributed by atoms with van der Waals surface area (Å²) in [6.45, 7) is -0.143. The molecule has 0 aliphatic heterocycles. The van der Waals surface area contributed by atoms with Crippen molar-refractivity contribution in [2.75, 3.05) is 12.3 Å². The molecule has 6 nitrogen and oxygen atoms in total. The number of carboxylic acids is 1. The number of nitrogens with one attached hydrogen (secondary N) is 1. The van der Waals surface area contributed by atoms with Crippen LogP contribution in [0.1, 0.15) is 5.69 Å². The van der Waals surface area contributed by atoms with Crippen LogP contribution in [0.2, 0.25) is 0 Å². The Balaban J connectivity index is 2.29. The minimum atomic E-state index is -0.998. The third kappa shape index (κ3) is 2.59. The number of nitrogens with zero attached hydrogens (tertiary/aromatic N) is 1. The molecule has 0 amide bonds. The van der Waals surface area contributed by atoms with Gasteiger partial charge in [0.15, 0.2) is 5.95 Å². The zero-order valence-corrected chi connectivity index (χ0v) is 6.28. The summed E-state index contributed by atoms with van der Waals surface area (Å²) in [6.07, 6.45) is 1.50. The van der Waals surface area contributed by atoms with Gasteiger partial charge in [-0.1, -0.05) is 0 Å². The van der Waals surface area contributed by atoms with E-state index in [1.807, 2.05) is 0 Å². The lowest BCUT2D eigenvalue weighted by molar-refractivity contribution is -0.142. The van der Waals surface area contributed by atoms with Crippen molar-refractivity contribution in [1.29, 1.82) is 0 Å². The number of imidazole rings is 1. The van der Waals surface area contributed by atoms with Crippen LogP contribution in [-0.2, 0) is 16.1 Å². The number of carboxylic acid groups (broad SMARTS) is 1. The number of ether oxygens (including phenoxy) is 1. The van der Waals surface area contributed by atoms with Crippen LogP contribution >= 0.6 is 0 Å². The van der Waals surface area contributed by atoms with Crippen molar-refractivity contribution in [3.05, 3.63) is 11.9 Å². The fourth-order valence-corrected chi connectivity index (χ4v) is 0.698. The van der Waals surface area contributed by atoms with Crippen molar-refractivity contribution in [3.63, 3.8) is 0 Å². The summed E-state index contributed by atoms with van der Waals surface area (Å²) in [7, 11) is 0. The standard InChI is InChI=1S/C6H9N3O3/c7-6-8-1-4(9-6)2-12-3-5(10)11/h1H,2-3H2,(H,10,11)(H3,7,8,9). The van der Waals surface area contributed by atoms with E-state index in [0.29, 0.717) is 11.6 Å². The SMILES string of the molecule is Nc1ncc(COCC(=O)O)[nH]1. The molecule has 0 aliphatic rings. The molecule has 0 atom stereocenters. The maximum atomic E-state index is 10.0. The minimum absolute atomic E-state index is 0.177. The second kappa shape index (κ2) is 3.72. The van der Waals surface area contributed by atoms with Gasteiger partial charge in [-0.25, -0.2) is 9.78 Å². The topological polar surface area (TPSA) is 101 Å². The Morgan fingerprint density at radius 2 is 2.58 bits per heavy atom. The van der Waals surface area contributed by atoms with Crippen molar-refractivity contribution in [3.8, 4) is 0 Å². The van der Waals surface area contributed by atoms with Gasteiger partial charge in [-0.15, -0.1) is 0 Å². The lowest BCUT2D eigenvalue weighted by atomic mass is 10.5. The first-order chi connectivity index (χ1) is 5.68. The Morgan fingerprint density at radius 1 is 1.83 bits per heavy atom. The molecule has 0 unspecified atom stereocenters. The van der Waals surface area contributed by atoms with Gasteiger partial charge >= 0.3 is 5.97 Å². The number of rotatable bonds is 4. The lowest BCUT2D eigenvalue weighted by Crippen LogP contribution is -2.06. The summed E-state index contributed by atoms with van der Waals surface area (Å²) in [4.78, 5) is 16.4. The molecular formula is C6H9N3O3. The smallest absolute Gasteiger partial charge is 0.329 e. The molecule has 0 aliphatic carbocycles. The molecule has 0 saturated heterocycles. The van der Waals surface area contributed by atoms with Crippen LogP contribution in [0.3, 0.4) is 0 Å². The Kier molecular flexibility index (Phi) is 2.65. The summed E-state index contributed by atoms with van der Waals surface area (Å²) in [6, 6.07) is 0. The van der Waals surface area contributed by atoms with Crippen LogP contribution in [0.4, 0.5) is 5.95 Å². The lowest BCUT2D eigenvalue weighted by Gasteiger charge is -1.96. The molecule has 0 bridgehead atoms. The fraction of sp³-hybridized carbons (Fsp3) is 0.333. The Labute approximate surface area is 68.4 Å². The van der Waals surface area contributed by atoms with Gasteiger partial charge in [0, 0.05) is 0 Å². The van der Waals surface area contributed by atoms with Gasteiger partial charge in [0.05, 0.1) is 18.5 Å². The van der Waals surface area contributed by atoms with Gasteiger partial charge in [-0.2, -0.15) is 0 Å². The van der Waals surface area contributed by atoms with Crippen LogP contribution in [-0.4, -0.2) is 27.7 Å². The van der Waals surface area contributed by atoms with E-state index in [1.165, 1.54) is 6.20 Å². The highest BCUT2D eigenvalue weighted by molar-refractivity contribution is 5.67. The minimum Gasteiger partial charge on any atom is -0.480 e. The average molecular weight is 171 g/mol. The van der Waals surface area contributed by atoms with Crippen LogP contribution in [0, 0.1) is 0 Å². The third-order valence-electron chi connectivity index (χ3n) is 1.13. The molecule has 1 heterocycles. The summed E-state index contributed by atoms with van der Waals surface area (Å²) in [5.74, 6) is -0.702. The number of nitrogens with two attached hydrogens (primary N) is 1. The predicted octanol–water partition coefficient (Wildman–Crippen LogP) is -0.407. The maximum absolute atomic E-state index is 10.0. The second-order valence-electron chi connectivity index (χ2n) is 2.18. The first-order valence-electron chi connectivity index (χ1n) is 3.27. The Bertz CT molecular complexity index is 271. The highest BCUT2D eigenvalue weighted by Gasteiger charge is 1.99. The molecule has 4 N–H and O–H groups in total. The first kappa shape index (κ1) is 8.54. The largest absolute Gasteiger partial charge is 0.480 e. The predicted molar refractivity (Wildman–Crippen MR) is 40.3 cm³/mol. The Morgan fingerprint density at radius 3 is 3.08 bits per heavy atom. The fourth-order valence-electron chi connectivity index (χ4n) is 0.698. The highest BCUT2D eigenvalue weighted by Crippen LogP contribution is 1.98. The van der Waals surface area contributed by atoms with E-state index in [4.69, 9.17) is 15.6 Å². The van der Waals surface area contributed by atoms with Crippen molar-refractivity contribution in [2.45, 2.75) is 6.61 Å². The van der Waals surface area contributed by atoms with Crippen LogP contribution in [0.5, 0.6) is 0 Å². The summed E-state index contributed by atoms with van der Waals surface area (Å²) < 4.78 is 4.77. The molecular weight excluding hydrogens is 162 g/mol.